The summed E-state index contributed by atoms with van der Waals surface area (Å²) < 4.78 is 38.1. The highest BCUT2D eigenvalue weighted by Crippen LogP contribution is 2.37. The molecule has 104 valence electrons. The van der Waals surface area contributed by atoms with Gasteiger partial charge >= 0.3 is 6.18 Å². The summed E-state index contributed by atoms with van der Waals surface area (Å²) in [5, 5.41) is -0.328. The maximum Gasteiger partial charge on any atom is 0.417 e. The molecule has 1 aliphatic rings. The van der Waals surface area contributed by atoms with Crippen molar-refractivity contribution in [2.75, 3.05) is 0 Å². The molecule has 1 fully saturated rings. The first-order chi connectivity index (χ1) is 8.88. The van der Waals surface area contributed by atoms with Gasteiger partial charge < -0.3 is 5.73 Å². The number of aliphatic imine (C=N–C) groups is 1. The van der Waals surface area contributed by atoms with E-state index in [1.807, 2.05) is 0 Å². The molecule has 0 amide bonds. The third-order valence-electron chi connectivity index (χ3n) is 3.29. The number of benzene rings is 1. The quantitative estimate of drug-likeness (QED) is 0.630. The Kier molecular flexibility index (Phi) is 4.04. The van der Waals surface area contributed by atoms with Crippen LogP contribution in [0.15, 0.2) is 23.2 Å². The third-order valence-corrected chi connectivity index (χ3v) is 3.62. The summed E-state index contributed by atoms with van der Waals surface area (Å²) in [5.74, 6) is 0.595. The van der Waals surface area contributed by atoms with E-state index in [9.17, 15) is 13.2 Å². The summed E-state index contributed by atoms with van der Waals surface area (Å²) in [6.07, 6.45) is -0.389. The zero-order valence-electron chi connectivity index (χ0n) is 10.2. The lowest BCUT2D eigenvalue weighted by Crippen LogP contribution is -2.20. The Hall–Kier alpha value is -1.23. The first-order valence-electron chi connectivity index (χ1n) is 6.09. The lowest BCUT2D eigenvalue weighted by atomic mass is 10.1. The summed E-state index contributed by atoms with van der Waals surface area (Å²) in [7, 11) is 0. The first kappa shape index (κ1) is 14.2. The number of nitrogens with zero attached hydrogens (tertiary/aromatic N) is 1. The highest BCUT2D eigenvalue weighted by Gasteiger charge is 2.33. The van der Waals surface area contributed by atoms with Crippen LogP contribution in [0.4, 0.5) is 18.9 Å². The van der Waals surface area contributed by atoms with E-state index in [2.05, 4.69) is 4.99 Å². The van der Waals surface area contributed by atoms with Gasteiger partial charge in [0.05, 0.1) is 16.3 Å². The molecule has 0 spiro atoms. The van der Waals surface area contributed by atoms with E-state index in [-0.39, 0.29) is 16.6 Å². The van der Waals surface area contributed by atoms with Gasteiger partial charge in [-0.25, -0.2) is 4.99 Å². The summed E-state index contributed by atoms with van der Waals surface area (Å²) >= 11 is 5.54. The van der Waals surface area contributed by atoms with Crippen LogP contribution in [0.2, 0.25) is 5.02 Å². The third kappa shape index (κ3) is 3.41. The van der Waals surface area contributed by atoms with E-state index < -0.39 is 11.7 Å². The number of rotatable bonds is 2. The monoisotopic (exact) mass is 290 g/mol. The molecule has 0 aromatic heterocycles. The minimum atomic E-state index is -4.48. The van der Waals surface area contributed by atoms with Gasteiger partial charge in [0.1, 0.15) is 5.84 Å². The standard InChI is InChI=1S/C13H14ClF3N2/c14-11-6-5-9(7-10(11)13(15,16)17)19-12(18)8-3-1-2-4-8/h5-8H,1-4H2,(H2,18,19). The largest absolute Gasteiger partial charge is 0.417 e. The summed E-state index contributed by atoms with van der Waals surface area (Å²) in [6, 6.07) is 3.58. The normalized spacial score (nSPS) is 18.0. The van der Waals surface area contributed by atoms with Crippen molar-refractivity contribution in [1.82, 2.24) is 0 Å². The molecule has 0 bridgehead atoms. The second-order valence-electron chi connectivity index (χ2n) is 4.68. The van der Waals surface area contributed by atoms with Crippen molar-refractivity contribution in [2.24, 2.45) is 16.6 Å². The molecule has 1 aromatic carbocycles. The van der Waals surface area contributed by atoms with Gasteiger partial charge in [-0.1, -0.05) is 24.4 Å². The van der Waals surface area contributed by atoms with E-state index in [4.69, 9.17) is 17.3 Å². The molecule has 19 heavy (non-hydrogen) atoms. The molecule has 2 rings (SSSR count). The average Bonchev–Trinajstić information content (AvgIpc) is 2.83. The Bertz CT molecular complexity index is 491. The molecule has 6 heteroatoms. The second kappa shape index (κ2) is 5.41. The van der Waals surface area contributed by atoms with Gasteiger partial charge in [0.2, 0.25) is 0 Å². The van der Waals surface area contributed by atoms with Crippen molar-refractivity contribution in [3.8, 4) is 0 Å². The van der Waals surface area contributed by atoms with Gasteiger partial charge in [0.25, 0.3) is 0 Å². The molecule has 0 aliphatic heterocycles. The highest BCUT2D eigenvalue weighted by molar-refractivity contribution is 6.31. The predicted octanol–water partition coefficient (Wildman–Crippen LogP) is 4.54. The molecule has 0 radical (unpaired) electrons. The minimum absolute atomic E-state index is 0.185. The number of amidine groups is 1. The molecule has 2 N–H and O–H groups in total. The topological polar surface area (TPSA) is 38.4 Å². The van der Waals surface area contributed by atoms with E-state index >= 15 is 0 Å². The molecular weight excluding hydrogens is 277 g/mol. The molecule has 0 unspecified atom stereocenters. The second-order valence-corrected chi connectivity index (χ2v) is 5.09. The van der Waals surface area contributed by atoms with Crippen LogP contribution in [0.25, 0.3) is 0 Å². The Morgan fingerprint density at radius 1 is 1.26 bits per heavy atom. The minimum Gasteiger partial charge on any atom is -0.387 e. The van der Waals surface area contributed by atoms with Crippen LogP contribution in [0.1, 0.15) is 31.2 Å². The van der Waals surface area contributed by atoms with Gasteiger partial charge in [-0.05, 0) is 31.0 Å². The van der Waals surface area contributed by atoms with Crippen molar-refractivity contribution < 1.29 is 13.2 Å². The SMILES string of the molecule is NC(=Nc1ccc(Cl)c(C(F)(F)F)c1)C1CCCC1. The molecule has 0 heterocycles. The molecule has 1 saturated carbocycles. The van der Waals surface area contributed by atoms with Gasteiger partial charge in [0.15, 0.2) is 0 Å². The Morgan fingerprint density at radius 2 is 1.89 bits per heavy atom. The van der Waals surface area contributed by atoms with Gasteiger partial charge in [-0.2, -0.15) is 13.2 Å². The Morgan fingerprint density at radius 3 is 2.47 bits per heavy atom. The van der Waals surface area contributed by atoms with Gasteiger partial charge in [0, 0.05) is 5.92 Å². The molecule has 2 nitrogen and oxygen atoms in total. The van der Waals surface area contributed by atoms with E-state index in [0.29, 0.717) is 5.84 Å². The average molecular weight is 291 g/mol. The molecule has 1 aliphatic carbocycles. The van der Waals surface area contributed by atoms with Crippen LogP contribution >= 0.6 is 11.6 Å². The van der Waals surface area contributed by atoms with E-state index in [0.717, 1.165) is 31.7 Å². The van der Waals surface area contributed by atoms with E-state index in [1.54, 1.807) is 0 Å². The fourth-order valence-electron chi connectivity index (χ4n) is 2.26. The molecule has 0 saturated heterocycles. The van der Waals surface area contributed by atoms with Crippen molar-refractivity contribution in [3.63, 3.8) is 0 Å². The van der Waals surface area contributed by atoms with Crippen LogP contribution in [0, 0.1) is 5.92 Å². The molecule has 0 atom stereocenters. The zero-order valence-corrected chi connectivity index (χ0v) is 10.9. The molecule has 1 aromatic rings. The van der Waals surface area contributed by atoms with Crippen LogP contribution < -0.4 is 5.73 Å². The van der Waals surface area contributed by atoms with Crippen LogP contribution in [0.5, 0.6) is 0 Å². The summed E-state index contributed by atoms with van der Waals surface area (Å²) in [6.45, 7) is 0. The maximum absolute atomic E-state index is 12.7. The van der Waals surface area contributed by atoms with Crippen molar-refractivity contribution in [2.45, 2.75) is 31.9 Å². The van der Waals surface area contributed by atoms with Crippen LogP contribution in [-0.2, 0) is 6.18 Å². The Labute approximate surface area is 114 Å². The maximum atomic E-state index is 12.7. The zero-order chi connectivity index (χ0) is 14.0. The van der Waals surface area contributed by atoms with Crippen LogP contribution in [0.3, 0.4) is 0 Å². The number of hydrogen-bond donors (Lipinski definition) is 1. The molecular formula is C13H14ClF3N2. The van der Waals surface area contributed by atoms with Crippen molar-refractivity contribution in [3.05, 3.63) is 28.8 Å². The van der Waals surface area contributed by atoms with Crippen molar-refractivity contribution in [1.29, 1.82) is 0 Å². The number of halogens is 4. The van der Waals surface area contributed by atoms with E-state index in [1.165, 1.54) is 12.1 Å². The number of alkyl halides is 3. The Balaban J connectivity index is 2.28. The first-order valence-corrected chi connectivity index (χ1v) is 6.46. The number of hydrogen-bond acceptors (Lipinski definition) is 1. The lowest BCUT2D eigenvalue weighted by molar-refractivity contribution is -0.137. The fourth-order valence-corrected chi connectivity index (χ4v) is 2.49. The lowest BCUT2D eigenvalue weighted by Gasteiger charge is -2.11. The van der Waals surface area contributed by atoms with Gasteiger partial charge in [-0.15, -0.1) is 0 Å². The predicted molar refractivity (Wildman–Crippen MR) is 69.7 cm³/mol. The van der Waals surface area contributed by atoms with Crippen molar-refractivity contribution >= 4 is 23.1 Å². The summed E-state index contributed by atoms with van der Waals surface area (Å²) in [4.78, 5) is 4.09. The smallest absolute Gasteiger partial charge is 0.387 e. The fraction of sp³-hybridized carbons (Fsp3) is 0.462. The van der Waals surface area contributed by atoms with Crippen LogP contribution in [-0.4, -0.2) is 5.84 Å². The number of nitrogens with two attached hydrogens (primary N) is 1. The highest BCUT2D eigenvalue weighted by atomic mass is 35.5. The van der Waals surface area contributed by atoms with Gasteiger partial charge in [-0.3, -0.25) is 0 Å². The summed E-state index contributed by atoms with van der Waals surface area (Å²) in [5.41, 5.74) is 5.16.